The van der Waals surface area contributed by atoms with Crippen LogP contribution in [0, 0.1) is 11.3 Å². The van der Waals surface area contributed by atoms with Gasteiger partial charge in [0.15, 0.2) is 0 Å². The maximum atomic E-state index is 13.3. The fourth-order valence-electron chi connectivity index (χ4n) is 4.87. The first-order valence-corrected chi connectivity index (χ1v) is 8.79. The van der Waals surface area contributed by atoms with Crippen LogP contribution < -0.4 is 5.32 Å². The number of H-pyrrole nitrogens is 1. The average Bonchev–Trinajstić information content (AvgIpc) is 3.24. The first kappa shape index (κ1) is 19.5. The molecule has 0 radical (unpaired) electrons. The van der Waals surface area contributed by atoms with Crippen molar-refractivity contribution in [2.24, 2.45) is 11.3 Å². The van der Waals surface area contributed by atoms with Crippen molar-refractivity contribution in [2.45, 2.75) is 44.4 Å². The zero-order valence-corrected chi connectivity index (χ0v) is 15.6. The standard InChI is InChI=1S/C17H26N4O.2ClH/c22-16(17-6-2-1-5-14(17)10-18-12-17)21-9-3-4-13(11-21)15-19-7-8-20-15;;/h7-8,13-14,18H,1-6,9-12H2,(H,19,20);2*1H/t13?,14-,17+;;/m0../s1. The van der Waals surface area contributed by atoms with Crippen molar-refractivity contribution in [2.75, 3.05) is 26.2 Å². The molecule has 1 amide bonds. The van der Waals surface area contributed by atoms with Gasteiger partial charge in [0.25, 0.3) is 0 Å². The van der Waals surface area contributed by atoms with Gasteiger partial charge in [0.2, 0.25) is 5.91 Å². The molecule has 2 N–H and O–H groups in total. The number of amides is 1. The van der Waals surface area contributed by atoms with Crippen LogP contribution in [-0.4, -0.2) is 47.0 Å². The van der Waals surface area contributed by atoms with Gasteiger partial charge < -0.3 is 15.2 Å². The van der Waals surface area contributed by atoms with Gasteiger partial charge >= 0.3 is 0 Å². The van der Waals surface area contributed by atoms with Crippen molar-refractivity contribution in [3.63, 3.8) is 0 Å². The molecule has 136 valence electrons. The number of nitrogens with one attached hydrogen (secondary N) is 2. The molecular weight excluding hydrogens is 347 g/mol. The van der Waals surface area contributed by atoms with E-state index in [9.17, 15) is 4.79 Å². The van der Waals surface area contributed by atoms with Crippen LogP contribution in [0.15, 0.2) is 12.4 Å². The van der Waals surface area contributed by atoms with Gasteiger partial charge in [-0.3, -0.25) is 4.79 Å². The maximum absolute atomic E-state index is 13.3. The summed E-state index contributed by atoms with van der Waals surface area (Å²) in [6.07, 6.45) is 10.7. The third-order valence-electron chi connectivity index (χ3n) is 6.08. The molecule has 3 atom stereocenters. The van der Waals surface area contributed by atoms with E-state index in [1.807, 2.05) is 12.4 Å². The topological polar surface area (TPSA) is 61.0 Å². The fraction of sp³-hybridized carbons (Fsp3) is 0.765. The summed E-state index contributed by atoms with van der Waals surface area (Å²) >= 11 is 0. The highest BCUT2D eigenvalue weighted by molar-refractivity contribution is 5.85. The molecule has 24 heavy (non-hydrogen) atoms. The lowest BCUT2D eigenvalue weighted by atomic mass is 9.67. The second-order valence-electron chi connectivity index (χ2n) is 7.29. The lowest BCUT2D eigenvalue weighted by Gasteiger charge is -2.43. The molecule has 1 aliphatic carbocycles. The monoisotopic (exact) mass is 374 g/mol. The largest absolute Gasteiger partial charge is 0.348 e. The minimum absolute atomic E-state index is 0. The smallest absolute Gasteiger partial charge is 0.230 e. The number of imidazole rings is 1. The molecule has 0 bridgehead atoms. The van der Waals surface area contributed by atoms with E-state index in [-0.39, 0.29) is 30.2 Å². The second-order valence-corrected chi connectivity index (χ2v) is 7.29. The third kappa shape index (κ3) is 3.31. The van der Waals surface area contributed by atoms with E-state index >= 15 is 0 Å². The maximum Gasteiger partial charge on any atom is 0.230 e. The summed E-state index contributed by atoms with van der Waals surface area (Å²) in [6, 6.07) is 0. The molecule has 3 aliphatic rings. The Balaban J connectivity index is 0.00000104. The molecule has 4 rings (SSSR count). The van der Waals surface area contributed by atoms with Crippen LogP contribution in [0.25, 0.3) is 0 Å². The molecule has 1 aromatic heterocycles. The Morgan fingerprint density at radius 2 is 2.12 bits per heavy atom. The second kappa shape index (κ2) is 8.07. The van der Waals surface area contributed by atoms with Gasteiger partial charge in [-0.15, -0.1) is 24.8 Å². The highest BCUT2D eigenvalue weighted by Gasteiger charge is 2.51. The van der Waals surface area contributed by atoms with Crippen molar-refractivity contribution < 1.29 is 4.79 Å². The minimum atomic E-state index is -0.108. The zero-order valence-electron chi connectivity index (χ0n) is 14.0. The van der Waals surface area contributed by atoms with Crippen LogP contribution in [0.5, 0.6) is 0 Å². The number of carbonyl (C=O) groups is 1. The van der Waals surface area contributed by atoms with Gasteiger partial charge in [0.05, 0.1) is 5.41 Å². The van der Waals surface area contributed by atoms with E-state index in [2.05, 4.69) is 20.2 Å². The SMILES string of the molecule is Cl.Cl.O=C(N1CCCC(c2ncc[nH]2)C1)[C@@]12CCCC[C@H]1CNC2. The first-order valence-electron chi connectivity index (χ1n) is 8.79. The highest BCUT2D eigenvalue weighted by Crippen LogP contribution is 2.45. The van der Waals surface area contributed by atoms with E-state index in [1.54, 1.807) is 0 Å². The van der Waals surface area contributed by atoms with Crippen molar-refractivity contribution in [1.82, 2.24) is 20.2 Å². The number of hydrogen-bond donors (Lipinski definition) is 2. The molecule has 2 aliphatic heterocycles. The fourth-order valence-corrected chi connectivity index (χ4v) is 4.87. The third-order valence-corrected chi connectivity index (χ3v) is 6.08. The van der Waals surface area contributed by atoms with Crippen LogP contribution in [0.3, 0.4) is 0 Å². The number of aromatic nitrogens is 2. The van der Waals surface area contributed by atoms with E-state index in [0.717, 1.165) is 51.3 Å². The lowest BCUT2D eigenvalue weighted by Crippen LogP contribution is -2.52. The first-order chi connectivity index (χ1) is 10.8. The van der Waals surface area contributed by atoms with Gasteiger partial charge in [-0.1, -0.05) is 12.8 Å². The van der Waals surface area contributed by atoms with Crippen LogP contribution in [-0.2, 0) is 4.79 Å². The van der Waals surface area contributed by atoms with Crippen molar-refractivity contribution in [3.05, 3.63) is 18.2 Å². The van der Waals surface area contributed by atoms with Gasteiger partial charge in [-0.2, -0.15) is 0 Å². The zero-order chi connectivity index (χ0) is 15.0. The van der Waals surface area contributed by atoms with Gasteiger partial charge in [-0.05, 0) is 38.1 Å². The number of nitrogens with zero attached hydrogens (tertiary/aromatic N) is 2. The van der Waals surface area contributed by atoms with E-state index < -0.39 is 0 Å². The summed E-state index contributed by atoms with van der Waals surface area (Å²) in [5.41, 5.74) is -0.108. The molecular formula is C17H28Cl2N4O. The Hall–Kier alpha value is -0.780. The van der Waals surface area contributed by atoms with Crippen LogP contribution in [0.2, 0.25) is 0 Å². The average molecular weight is 375 g/mol. The number of fused-ring (bicyclic) bond motifs is 1. The Morgan fingerprint density at radius 3 is 2.92 bits per heavy atom. The molecule has 1 aromatic rings. The number of likely N-dealkylation sites (tertiary alicyclic amines) is 1. The molecule has 7 heteroatoms. The predicted octanol–water partition coefficient (Wildman–Crippen LogP) is 2.74. The normalized spacial score (nSPS) is 32.4. The number of aromatic amines is 1. The van der Waals surface area contributed by atoms with Crippen LogP contribution in [0.4, 0.5) is 0 Å². The van der Waals surface area contributed by atoms with Gasteiger partial charge in [0, 0.05) is 37.9 Å². The summed E-state index contributed by atoms with van der Waals surface area (Å²) in [6.45, 7) is 3.67. The molecule has 1 unspecified atom stereocenters. The summed E-state index contributed by atoms with van der Waals surface area (Å²) < 4.78 is 0. The van der Waals surface area contributed by atoms with E-state index in [4.69, 9.17) is 0 Å². The van der Waals surface area contributed by atoms with Crippen LogP contribution in [0.1, 0.15) is 50.3 Å². The number of piperidine rings is 1. The van der Waals surface area contributed by atoms with E-state index in [1.165, 1.54) is 19.3 Å². The predicted molar refractivity (Wildman–Crippen MR) is 98.9 cm³/mol. The Bertz CT molecular complexity index is 539. The molecule has 2 saturated heterocycles. The Labute approximate surface area is 156 Å². The molecule has 0 spiro atoms. The summed E-state index contributed by atoms with van der Waals surface area (Å²) in [7, 11) is 0. The minimum Gasteiger partial charge on any atom is -0.348 e. The number of rotatable bonds is 2. The van der Waals surface area contributed by atoms with E-state index in [0.29, 0.717) is 17.7 Å². The Kier molecular flexibility index (Phi) is 6.57. The molecule has 5 nitrogen and oxygen atoms in total. The Morgan fingerprint density at radius 1 is 1.25 bits per heavy atom. The highest BCUT2D eigenvalue weighted by atomic mass is 35.5. The van der Waals surface area contributed by atoms with Gasteiger partial charge in [0.1, 0.15) is 5.82 Å². The summed E-state index contributed by atoms with van der Waals surface area (Å²) in [5, 5.41) is 3.50. The van der Waals surface area contributed by atoms with Gasteiger partial charge in [-0.25, -0.2) is 4.98 Å². The number of halogens is 2. The van der Waals surface area contributed by atoms with Crippen molar-refractivity contribution in [1.29, 1.82) is 0 Å². The molecule has 3 heterocycles. The number of carbonyl (C=O) groups excluding carboxylic acids is 1. The summed E-state index contributed by atoms with van der Waals surface area (Å²) in [4.78, 5) is 23.1. The lowest BCUT2D eigenvalue weighted by molar-refractivity contribution is -0.146. The summed E-state index contributed by atoms with van der Waals surface area (Å²) in [5.74, 6) is 2.39. The molecule has 3 fully saturated rings. The quantitative estimate of drug-likeness (QED) is 0.836. The van der Waals surface area contributed by atoms with Crippen LogP contribution >= 0.6 is 24.8 Å². The van der Waals surface area contributed by atoms with Crippen molar-refractivity contribution >= 4 is 30.7 Å². The number of hydrogen-bond acceptors (Lipinski definition) is 3. The molecule has 1 saturated carbocycles. The molecule has 0 aromatic carbocycles. The van der Waals surface area contributed by atoms with Crippen molar-refractivity contribution in [3.8, 4) is 0 Å².